The molecule has 0 saturated heterocycles. The molecular formula is C21H38N2O4. The van der Waals surface area contributed by atoms with E-state index in [1.807, 2.05) is 39.8 Å². The van der Waals surface area contributed by atoms with Crippen molar-refractivity contribution in [1.29, 1.82) is 0 Å². The molecule has 0 radical (unpaired) electrons. The number of benzene rings is 1. The lowest BCUT2D eigenvalue weighted by Gasteiger charge is -2.18. The van der Waals surface area contributed by atoms with E-state index in [1.165, 1.54) is 5.56 Å². The predicted octanol–water partition coefficient (Wildman–Crippen LogP) is 2.38. The fourth-order valence-electron chi connectivity index (χ4n) is 2.50. The van der Waals surface area contributed by atoms with Gasteiger partial charge in [0.15, 0.2) is 5.75 Å². The Hall–Kier alpha value is -1.18. The highest BCUT2D eigenvalue weighted by Gasteiger charge is 2.14. The average Bonchev–Trinajstić information content (AvgIpc) is 2.59. The van der Waals surface area contributed by atoms with Gasteiger partial charge in [-0.15, -0.1) is 0 Å². The standard InChI is InChI=1S/C21H38N2O4/c1-14(2)17-7-8-21(27-26-13-20(25)12-23-16(5)6)18(9-17)10-19(24)11-22-15(3)4/h7-9,14-16,19-20,22-25H,10-13H2,1-6H3. The van der Waals surface area contributed by atoms with Crippen molar-refractivity contribution in [3.8, 4) is 5.75 Å². The molecule has 4 N–H and O–H groups in total. The summed E-state index contributed by atoms with van der Waals surface area (Å²) in [5, 5.41) is 26.6. The molecule has 27 heavy (non-hydrogen) atoms. The van der Waals surface area contributed by atoms with Crippen molar-refractivity contribution in [1.82, 2.24) is 10.6 Å². The van der Waals surface area contributed by atoms with Gasteiger partial charge in [-0.25, -0.2) is 0 Å². The van der Waals surface area contributed by atoms with E-state index < -0.39 is 12.2 Å². The summed E-state index contributed by atoms with van der Waals surface area (Å²) in [6.45, 7) is 13.4. The normalized spacial score (nSPS) is 14.2. The maximum atomic E-state index is 10.3. The molecule has 0 aliphatic heterocycles. The first-order chi connectivity index (χ1) is 12.7. The largest absolute Gasteiger partial charge is 0.391 e. The maximum absolute atomic E-state index is 10.3. The van der Waals surface area contributed by atoms with E-state index in [-0.39, 0.29) is 6.61 Å². The molecule has 1 aromatic carbocycles. The van der Waals surface area contributed by atoms with E-state index in [9.17, 15) is 10.2 Å². The van der Waals surface area contributed by atoms with Crippen molar-refractivity contribution in [3.05, 3.63) is 29.3 Å². The van der Waals surface area contributed by atoms with Crippen molar-refractivity contribution < 1.29 is 20.0 Å². The van der Waals surface area contributed by atoms with Crippen LogP contribution in [0, 0.1) is 0 Å². The Morgan fingerprint density at radius 2 is 1.48 bits per heavy atom. The van der Waals surface area contributed by atoms with Crippen molar-refractivity contribution >= 4 is 0 Å². The Morgan fingerprint density at radius 1 is 0.889 bits per heavy atom. The molecule has 1 rings (SSSR count). The van der Waals surface area contributed by atoms with Gasteiger partial charge in [-0.2, -0.15) is 4.89 Å². The zero-order valence-corrected chi connectivity index (χ0v) is 17.7. The Morgan fingerprint density at radius 3 is 2.04 bits per heavy atom. The van der Waals surface area contributed by atoms with Gasteiger partial charge in [0.2, 0.25) is 0 Å². The van der Waals surface area contributed by atoms with Crippen LogP contribution in [0.2, 0.25) is 0 Å². The number of hydrogen-bond donors (Lipinski definition) is 4. The summed E-state index contributed by atoms with van der Waals surface area (Å²) in [5.74, 6) is 0.959. The van der Waals surface area contributed by atoms with Gasteiger partial charge in [0, 0.05) is 37.2 Å². The molecular weight excluding hydrogens is 344 g/mol. The Kier molecular flexibility index (Phi) is 10.9. The fraction of sp³-hybridized carbons (Fsp3) is 0.714. The molecule has 6 nitrogen and oxygen atoms in total. The van der Waals surface area contributed by atoms with E-state index in [0.717, 1.165) is 5.56 Å². The van der Waals surface area contributed by atoms with E-state index in [2.05, 4.69) is 30.5 Å². The Labute approximate surface area is 164 Å². The van der Waals surface area contributed by atoms with Crippen LogP contribution < -0.4 is 15.5 Å². The molecule has 0 amide bonds. The highest BCUT2D eigenvalue weighted by molar-refractivity contribution is 5.38. The monoisotopic (exact) mass is 382 g/mol. The smallest absolute Gasteiger partial charge is 0.168 e. The Bertz CT molecular complexity index is 535. The van der Waals surface area contributed by atoms with E-state index >= 15 is 0 Å². The van der Waals surface area contributed by atoms with Gasteiger partial charge < -0.3 is 25.7 Å². The topological polar surface area (TPSA) is 83.0 Å². The van der Waals surface area contributed by atoms with E-state index in [0.29, 0.717) is 43.3 Å². The van der Waals surface area contributed by atoms with Crippen LogP contribution in [0.4, 0.5) is 0 Å². The van der Waals surface area contributed by atoms with Crippen LogP contribution >= 0.6 is 0 Å². The molecule has 1 aromatic rings. The summed E-state index contributed by atoms with van der Waals surface area (Å²) in [6.07, 6.45) is -0.694. The lowest BCUT2D eigenvalue weighted by Crippen LogP contribution is -2.34. The lowest BCUT2D eigenvalue weighted by atomic mass is 9.97. The van der Waals surface area contributed by atoms with Gasteiger partial charge in [-0.1, -0.05) is 53.7 Å². The third-order valence-electron chi connectivity index (χ3n) is 4.14. The summed E-state index contributed by atoms with van der Waals surface area (Å²) < 4.78 is 0. The third kappa shape index (κ3) is 10.1. The van der Waals surface area contributed by atoms with Crippen molar-refractivity contribution in [2.75, 3.05) is 19.7 Å². The number of nitrogens with one attached hydrogen (secondary N) is 2. The molecule has 0 aliphatic rings. The van der Waals surface area contributed by atoms with Gasteiger partial charge in [0.1, 0.15) is 6.61 Å². The molecule has 2 atom stereocenters. The zero-order chi connectivity index (χ0) is 20.4. The minimum atomic E-state index is -0.647. The lowest BCUT2D eigenvalue weighted by molar-refractivity contribution is -0.223. The van der Waals surface area contributed by atoms with Gasteiger partial charge in [0.05, 0.1) is 12.2 Å². The second kappa shape index (κ2) is 12.3. The third-order valence-corrected chi connectivity index (χ3v) is 4.14. The van der Waals surface area contributed by atoms with Crippen molar-refractivity contribution in [3.63, 3.8) is 0 Å². The second-order valence-corrected chi connectivity index (χ2v) is 8.03. The number of aliphatic hydroxyl groups is 2. The van der Waals surface area contributed by atoms with Crippen LogP contribution in [0.15, 0.2) is 18.2 Å². The first-order valence-corrected chi connectivity index (χ1v) is 9.94. The van der Waals surface area contributed by atoms with Crippen LogP contribution in [0.5, 0.6) is 5.75 Å². The highest BCUT2D eigenvalue weighted by Crippen LogP contribution is 2.26. The SMILES string of the molecule is CC(C)NCC(O)COOc1ccc(C(C)C)cc1CC(O)CNC(C)C. The van der Waals surface area contributed by atoms with Crippen LogP contribution in [0.1, 0.15) is 58.6 Å². The quantitative estimate of drug-likeness (QED) is 0.310. The molecule has 0 heterocycles. The molecule has 0 bridgehead atoms. The molecule has 0 spiro atoms. The number of aliphatic hydroxyl groups excluding tert-OH is 2. The Balaban J connectivity index is 2.68. The number of hydrogen-bond acceptors (Lipinski definition) is 6. The predicted molar refractivity (Wildman–Crippen MR) is 109 cm³/mol. The van der Waals surface area contributed by atoms with Crippen molar-refractivity contribution in [2.45, 2.75) is 78.2 Å². The molecule has 0 aliphatic carbocycles. The first-order valence-electron chi connectivity index (χ1n) is 9.94. The van der Waals surface area contributed by atoms with Gasteiger partial charge in [0.25, 0.3) is 0 Å². The molecule has 0 fully saturated rings. The van der Waals surface area contributed by atoms with Gasteiger partial charge >= 0.3 is 0 Å². The average molecular weight is 383 g/mol. The van der Waals surface area contributed by atoms with Crippen molar-refractivity contribution in [2.24, 2.45) is 0 Å². The maximum Gasteiger partial charge on any atom is 0.168 e. The molecule has 6 heteroatoms. The van der Waals surface area contributed by atoms with Crippen LogP contribution in [-0.4, -0.2) is 54.2 Å². The fourth-order valence-corrected chi connectivity index (χ4v) is 2.50. The first kappa shape index (κ1) is 23.9. The molecule has 2 unspecified atom stereocenters. The summed E-state index contributed by atoms with van der Waals surface area (Å²) in [5.41, 5.74) is 2.08. The van der Waals surface area contributed by atoms with E-state index in [1.54, 1.807) is 0 Å². The second-order valence-electron chi connectivity index (χ2n) is 8.03. The molecule has 156 valence electrons. The minimum absolute atomic E-state index is 0.0720. The zero-order valence-electron chi connectivity index (χ0n) is 17.7. The van der Waals surface area contributed by atoms with Crippen LogP contribution in [-0.2, 0) is 11.3 Å². The van der Waals surface area contributed by atoms with Crippen LogP contribution in [0.3, 0.4) is 0 Å². The summed E-state index contributed by atoms with van der Waals surface area (Å²) in [7, 11) is 0. The van der Waals surface area contributed by atoms with E-state index in [4.69, 9.17) is 9.78 Å². The molecule has 0 saturated carbocycles. The summed E-state index contributed by atoms with van der Waals surface area (Å²) >= 11 is 0. The van der Waals surface area contributed by atoms with Gasteiger partial charge in [-0.3, -0.25) is 0 Å². The molecule has 0 aromatic heterocycles. The summed E-state index contributed by atoms with van der Waals surface area (Å²) in [6, 6.07) is 6.55. The summed E-state index contributed by atoms with van der Waals surface area (Å²) in [4.78, 5) is 10.7. The van der Waals surface area contributed by atoms with Gasteiger partial charge in [-0.05, 0) is 17.5 Å². The minimum Gasteiger partial charge on any atom is -0.391 e. The number of rotatable bonds is 13. The van der Waals surface area contributed by atoms with Crippen LogP contribution in [0.25, 0.3) is 0 Å². The highest BCUT2D eigenvalue weighted by atomic mass is 17.2.